The summed E-state index contributed by atoms with van der Waals surface area (Å²) in [6.07, 6.45) is 8.60. The number of fused-ring (bicyclic) bond motifs is 1. The summed E-state index contributed by atoms with van der Waals surface area (Å²) >= 11 is 0. The summed E-state index contributed by atoms with van der Waals surface area (Å²) < 4.78 is 16.6. The third-order valence-corrected chi connectivity index (χ3v) is 5.30. The van der Waals surface area contributed by atoms with Gasteiger partial charge in [-0.3, -0.25) is 9.69 Å². The highest BCUT2D eigenvalue weighted by Crippen LogP contribution is 2.38. The molecule has 0 amide bonds. The fourth-order valence-corrected chi connectivity index (χ4v) is 3.68. The van der Waals surface area contributed by atoms with Crippen LogP contribution in [-0.4, -0.2) is 53.3 Å². The van der Waals surface area contributed by atoms with Crippen LogP contribution in [0.4, 0.5) is 10.1 Å². The van der Waals surface area contributed by atoms with E-state index >= 15 is 0 Å². The molecule has 1 N–H and O–H groups in total. The Hall–Kier alpha value is -2.56. The molecule has 1 aliphatic carbocycles. The number of aromatic carboxylic acids is 1. The molecule has 1 aliphatic heterocycles. The largest absolute Gasteiger partial charge is 0.477 e. The van der Waals surface area contributed by atoms with Gasteiger partial charge in [0.05, 0.1) is 17.7 Å². The Kier molecular flexibility index (Phi) is 5.64. The van der Waals surface area contributed by atoms with E-state index in [9.17, 15) is 19.1 Å². The van der Waals surface area contributed by atoms with Gasteiger partial charge < -0.3 is 14.6 Å². The van der Waals surface area contributed by atoms with Crippen molar-refractivity contribution in [1.82, 2.24) is 9.47 Å². The van der Waals surface area contributed by atoms with E-state index in [0.717, 1.165) is 25.9 Å². The zero-order chi connectivity index (χ0) is 19.1. The lowest BCUT2D eigenvalue weighted by Gasteiger charge is -2.35. The highest BCUT2D eigenvalue weighted by atomic mass is 35.5. The molecule has 0 unspecified atom stereocenters. The quantitative estimate of drug-likeness (QED) is 0.791. The maximum atomic E-state index is 14.8. The summed E-state index contributed by atoms with van der Waals surface area (Å²) in [7, 11) is 0. The standard InChI is InChI=1S/C20H20FN3O3.ClH/c1-2-5-22-6-8-23(9-7-22)18-11-17-14(10-16(18)21)19(25)15(20(26)27)12-24(17)13-3-4-13;/h1,10-13H,3-9H2,(H,26,27);1H. The lowest BCUT2D eigenvalue weighted by Crippen LogP contribution is -2.46. The van der Waals surface area contributed by atoms with Crippen molar-refractivity contribution >= 4 is 35.0 Å². The fraction of sp³-hybridized carbons (Fsp3) is 0.400. The van der Waals surface area contributed by atoms with Crippen molar-refractivity contribution in [2.75, 3.05) is 37.6 Å². The highest BCUT2D eigenvalue weighted by molar-refractivity contribution is 5.93. The van der Waals surface area contributed by atoms with Crippen molar-refractivity contribution < 1.29 is 14.3 Å². The number of rotatable bonds is 4. The zero-order valence-electron chi connectivity index (χ0n) is 15.2. The van der Waals surface area contributed by atoms with E-state index in [1.165, 1.54) is 12.3 Å². The van der Waals surface area contributed by atoms with E-state index < -0.39 is 17.2 Å². The summed E-state index contributed by atoms with van der Waals surface area (Å²) in [5.41, 5.74) is 0.0813. The molecule has 148 valence electrons. The maximum Gasteiger partial charge on any atom is 0.341 e. The van der Waals surface area contributed by atoms with E-state index in [1.54, 1.807) is 6.07 Å². The van der Waals surface area contributed by atoms with Gasteiger partial charge >= 0.3 is 5.97 Å². The first kappa shape index (κ1) is 20.2. The summed E-state index contributed by atoms with van der Waals surface area (Å²) in [6.45, 7) is 3.35. The first-order valence-corrected chi connectivity index (χ1v) is 9.02. The summed E-state index contributed by atoms with van der Waals surface area (Å²) in [5, 5.41) is 9.43. The zero-order valence-corrected chi connectivity index (χ0v) is 16.0. The molecule has 4 rings (SSSR count). The Morgan fingerprint density at radius 3 is 2.50 bits per heavy atom. The molecule has 0 atom stereocenters. The summed E-state index contributed by atoms with van der Waals surface area (Å²) in [5.74, 6) is 0.831. The van der Waals surface area contributed by atoms with Gasteiger partial charge in [-0.1, -0.05) is 5.92 Å². The Morgan fingerprint density at radius 2 is 1.93 bits per heavy atom. The van der Waals surface area contributed by atoms with Gasteiger partial charge in [0.15, 0.2) is 0 Å². The number of benzene rings is 1. The van der Waals surface area contributed by atoms with Crippen molar-refractivity contribution in [2.24, 2.45) is 0 Å². The van der Waals surface area contributed by atoms with Crippen LogP contribution >= 0.6 is 12.4 Å². The van der Waals surface area contributed by atoms with Crippen molar-refractivity contribution in [1.29, 1.82) is 0 Å². The molecule has 1 saturated carbocycles. The number of hydrogen-bond acceptors (Lipinski definition) is 4. The number of halogens is 2. The minimum Gasteiger partial charge on any atom is -0.477 e. The number of carboxylic acids is 1. The molecule has 1 saturated heterocycles. The maximum absolute atomic E-state index is 14.8. The Morgan fingerprint density at radius 1 is 1.25 bits per heavy atom. The molecule has 0 bridgehead atoms. The minimum atomic E-state index is -1.29. The van der Waals surface area contributed by atoms with E-state index in [2.05, 4.69) is 10.8 Å². The van der Waals surface area contributed by atoms with Gasteiger partial charge in [-0.05, 0) is 25.0 Å². The molecule has 8 heteroatoms. The Balaban J connectivity index is 0.00000225. The highest BCUT2D eigenvalue weighted by Gasteiger charge is 2.28. The number of carbonyl (C=O) groups is 1. The number of aromatic nitrogens is 1. The number of terminal acetylenes is 1. The van der Waals surface area contributed by atoms with Crippen LogP contribution in [0.15, 0.2) is 23.1 Å². The second kappa shape index (κ2) is 7.82. The predicted molar refractivity (Wildman–Crippen MR) is 108 cm³/mol. The monoisotopic (exact) mass is 405 g/mol. The molecule has 0 radical (unpaired) electrons. The van der Waals surface area contributed by atoms with Gasteiger partial charge in [-0.2, -0.15) is 0 Å². The van der Waals surface area contributed by atoms with Crippen molar-refractivity contribution in [3.05, 3.63) is 39.9 Å². The Bertz CT molecular complexity index is 1020. The van der Waals surface area contributed by atoms with Gasteiger partial charge in [-0.15, -0.1) is 18.8 Å². The van der Waals surface area contributed by atoms with E-state index in [1.807, 2.05) is 9.47 Å². The molecule has 6 nitrogen and oxygen atoms in total. The van der Waals surface area contributed by atoms with Crippen LogP contribution < -0.4 is 10.3 Å². The molecular formula is C20H21ClFN3O3. The molecule has 0 spiro atoms. The van der Waals surface area contributed by atoms with Crippen LogP contribution in [0.3, 0.4) is 0 Å². The Labute approximate surface area is 168 Å². The second-order valence-electron chi connectivity index (χ2n) is 7.10. The van der Waals surface area contributed by atoms with Crippen molar-refractivity contribution in [3.8, 4) is 12.3 Å². The lowest BCUT2D eigenvalue weighted by atomic mass is 10.1. The van der Waals surface area contributed by atoms with Gasteiger partial charge in [0.25, 0.3) is 0 Å². The van der Waals surface area contributed by atoms with Crippen molar-refractivity contribution in [3.63, 3.8) is 0 Å². The number of anilines is 1. The SMILES string of the molecule is C#CCN1CCN(c2cc3c(cc2F)c(=O)c(C(=O)O)cn3C2CC2)CC1.Cl. The number of carboxylic acid groups (broad SMARTS) is 1. The molecule has 1 aromatic carbocycles. The fourth-order valence-electron chi connectivity index (χ4n) is 3.68. The number of hydrogen-bond donors (Lipinski definition) is 1. The van der Waals surface area contributed by atoms with Gasteiger partial charge in [-0.25, -0.2) is 9.18 Å². The average Bonchev–Trinajstić information content (AvgIpc) is 3.48. The van der Waals surface area contributed by atoms with E-state index in [-0.39, 0.29) is 29.4 Å². The molecule has 2 aromatic rings. The van der Waals surface area contributed by atoms with E-state index in [0.29, 0.717) is 30.8 Å². The predicted octanol–water partition coefficient (Wildman–Crippen LogP) is 2.35. The number of piperazine rings is 1. The average molecular weight is 406 g/mol. The molecular weight excluding hydrogens is 385 g/mol. The molecule has 2 aliphatic rings. The lowest BCUT2D eigenvalue weighted by molar-refractivity contribution is 0.0695. The molecule has 2 fully saturated rings. The minimum absolute atomic E-state index is 0. The molecule has 1 aromatic heterocycles. The van der Waals surface area contributed by atoms with Crippen LogP contribution in [0.25, 0.3) is 10.9 Å². The van der Waals surface area contributed by atoms with Crippen LogP contribution in [0, 0.1) is 18.2 Å². The van der Waals surface area contributed by atoms with Gasteiger partial charge in [0.2, 0.25) is 5.43 Å². The normalized spacial score (nSPS) is 17.2. The first-order chi connectivity index (χ1) is 13.0. The third kappa shape index (κ3) is 3.58. The number of nitrogens with zero attached hydrogens (tertiary/aromatic N) is 3. The summed E-state index contributed by atoms with van der Waals surface area (Å²) in [6, 6.07) is 3.04. The van der Waals surface area contributed by atoms with Gasteiger partial charge in [0.1, 0.15) is 11.4 Å². The van der Waals surface area contributed by atoms with Gasteiger partial charge in [0, 0.05) is 43.8 Å². The van der Waals surface area contributed by atoms with Crippen LogP contribution in [-0.2, 0) is 0 Å². The first-order valence-electron chi connectivity index (χ1n) is 9.02. The topological polar surface area (TPSA) is 65.8 Å². The smallest absolute Gasteiger partial charge is 0.341 e. The van der Waals surface area contributed by atoms with Crippen LogP contribution in [0.1, 0.15) is 29.2 Å². The summed E-state index contributed by atoms with van der Waals surface area (Å²) in [4.78, 5) is 28.0. The van der Waals surface area contributed by atoms with Crippen LogP contribution in [0.5, 0.6) is 0 Å². The van der Waals surface area contributed by atoms with Crippen molar-refractivity contribution in [2.45, 2.75) is 18.9 Å². The van der Waals surface area contributed by atoms with Crippen LogP contribution in [0.2, 0.25) is 0 Å². The molecule has 28 heavy (non-hydrogen) atoms. The van der Waals surface area contributed by atoms with E-state index in [4.69, 9.17) is 6.42 Å². The number of pyridine rings is 1. The third-order valence-electron chi connectivity index (χ3n) is 5.30. The second-order valence-corrected chi connectivity index (χ2v) is 7.10. The molecule has 2 heterocycles.